The summed E-state index contributed by atoms with van der Waals surface area (Å²) in [5, 5.41) is 7.51. The predicted octanol–water partition coefficient (Wildman–Crippen LogP) is -1.95. The Morgan fingerprint density at radius 1 is 0.900 bits per heavy atom. The van der Waals surface area contributed by atoms with Crippen LogP contribution in [0.25, 0.3) is 0 Å². The van der Waals surface area contributed by atoms with E-state index in [1.165, 1.54) is 0 Å². The molecule has 0 aliphatic rings. The Kier molecular flexibility index (Phi) is 9.85. The first kappa shape index (κ1) is 18.0. The lowest BCUT2D eigenvalue weighted by Gasteiger charge is -2.07. The zero-order chi connectivity index (χ0) is 15.4. The highest BCUT2D eigenvalue weighted by atomic mass is 16.2. The van der Waals surface area contributed by atoms with Gasteiger partial charge in [-0.2, -0.15) is 0 Å². The summed E-state index contributed by atoms with van der Waals surface area (Å²) in [6.45, 7) is 2.27. The van der Waals surface area contributed by atoms with Crippen LogP contribution in [0.5, 0.6) is 0 Å². The molecule has 8 nitrogen and oxygen atoms in total. The van der Waals surface area contributed by atoms with Crippen molar-refractivity contribution in [2.24, 2.45) is 5.73 Å². The molecule has 0 fully saturated rings. The van der Waals surface area contributed by atoms with Gasteiger partial charge in [0, 0.05) is 0 Å². The van der Waals surface area contributed by atoms with E-state index in [-0.39, 0.29) is 19.0 Å². The first-order valence-corrected chi connectivity index (χ1v) is 6.54. The SMILES string of the molecule is CCCCCNCC(=O)NCC(=O)NCC(=O)C(N)=O. The van der Waals surface area contributed by atoms with E-state index in [2.05, 4.69) is 22.9 Å². The summed E-state index contributed by atoms with van der Waals surface area (Å²) in [4.78, 5) is 43.8. The predicted molar refractivity (Wildman–Crippen MR) is 72.6 cm³/mol. The Hall–Kier alpha value is -1.96. The van der Waals surface area contributed by atoms with Gasteiger partial charge in [0.05, 0.1) is 19.6 Å². The Bertz CT molecular complexity index is 357. The molecule has 0 heterocycles. The van der Waals surface area contributed by atoms with Crippen LogP contribution in [0.15, 0.2) is 0 Å². The highest BCUT2D eigenvalue weighted by molar-refractivity contribution is 6.36. The second kappa shape index (κ2) is 10.9. The van der Waals surface area contributed by atoms with Crippen molar-refractivity contribution in [3.63, 3.8) is 0 Å². The topological polar surface area (TPSA) is 130 Å². The summed E-state index contributed by atoms with van der Waals surface area (Å²) in [7, 11) is 0. The Labute approximate surface area is 117 Å². The molecule has 3 amide bonds. The summed E-state index contributed by atoms with van der Waals surface area (Å²) in [5.74, 6) is -2.86. The molecule has 0 bridgehead atoms. The molecule has 0 spiro atoms. The van der Waals surface area contributed by atoms with Crippen molar-refractivity contribution < 1.29 is 19.2 Å². The number of ketones is 1. The fraction of sp³-hybridized carbons (Fsp3) is 0.667. The van der Waals surface area contributed by atoms with Crippen molar-refractivity contribution in [1.29, 1.82) is 0 Å². The van der Waals surface area contributed by atoms with Crippen molar-refractivity contribution in [3.05, 3.63) is 0 Å². The number of hydrogen-bond donors (Lipinski definition) is 4. The smallest absolute Gasteiger partial charge is 0.286 e. The zero-order valence-corrected chi connectivity index (χ0v) is 11.7. The van der Waals surface area contributed by atoms with Crippen LogP contribution in [0.3, 0.4) is 0 Å². The quantitative estimate of drug-likeness (QED) is 0.259. The van der Waals surface area contributed by atoms with E-state index in [9.17, 15) is 19.2 Å². The van der Waals surface area contributed by atoms with Crippen molar-refractivity contribution in [1.82, 2.24) is 16.0 Å². The Balaban J connectivity index is 3.60. The number of carbonyl (C=O) groups is 4. The van der Waals surface area contributed by atoms with E-state index in [0.29, 0.717) is 0 Å². The molecule has 0 aliphatic heterocycles. The molecular weight excluding hydrogens is 264 g/mol. The third kappa shape index (κ3) is 10.0. The van der Waals surface area contributed by atoms with Gasteiger partial charge >= 0.3 is 0 Å². The number of rotatable bonds is 11. The van der Waals surface area contributed by atoms with E-state index >= 15 is 0 Å². The van der Waals surface area contributed by atoms with Crippen LogP contribution in [0, 0.1) is 0 Å². The average molecular weight is 286 g/mol. The zero-order valence-electron chi connectivity index (χ0n) is 11.7. The highest BCUT2D eigenvalue weighted by Crippen LogP contribution is 1.90. The molecular formula is C12H22N4O4. The molecule has 0 unspecified atom stereocenters. The van der Waals surface area contributed by atoms with E-state index in [1.807, 2.05) is 0 Å². The number of nitrogens with two attached hydrogens (primary N) is 1. The van der Waals surface area contributed by atoms with Gasteiger partial charge in [-0.3, -0.25) is 19.2 Å². The first-order chi connectivity index (χ1) is 9.47. The third-order valence-corrected chi connectivity index (χ3v) is 2.41. The van der Waals surface area contributed by atoms with Gasteiger partial charge in [0.25, 0.3) is 5.91 Å². The van der Waals surface area contributed by atoms with Crippen LogP contribution in [-0.2, 0) is 19.2 Å². The molecule has 0 saturated carbocycles. The molecule has 0 aliphatic carbocycles. The minimum atomic E-state index is -1.11. The summed E-state index contributed by atoms with van der Waals surface area (Å²) in [6.07, 6.45) is 3.21. The van der Waals surface area contributed by atoms with Crippen molar-refractivity contribution in [2.45, 2.75) is 26.2 Å². The highest BCUT2D eigenvalue weighted by Gasteiger charge is 2.11. The number of hydrogen-bond acceptors (Lipinski definition) is 5. The van der Waals surface area contributed by atoms with Gasteiger partial charge in [-0.05, 0) is 13.0 Å². The standard InChI is InChI=1S/C12H22N4O4/c1-2-3-4-5-14-7-10(18)16-8-11(19)15-6-9(17)12(13)20/h14H,2-8H2,1H3,(H2,13,20)(H,15,19)(H,16,18). The Morgan fingerprint density at radius 2 is 1.50 bits per heavy atom. The first-order valence-electron chi connectivity index (χ1n) is 6.54. The van der Waals surface area contributed by atoms with Crippen LogP contribution in [0.1, 0.15) is 26.2 Å². The summed E-state index contributed by atoms with van der Waals surface area (Å²) >= 11 is 0. The maximum absolute atomic E-state index is 11.3. The monoisotopic (exact) mass is 286 g/mol. The van der Waals surface area contributed by atoms with Crippen LogP contribution in [0.2, 0.25) is 0 Å². The van der Waals surface area contributed by atoms with Crippen LogP contribution >= 0.6 is 0 Å². The number of Topliss-reactive ketones (excluding diaryl/α,β-unsaturated/α-hetero) is 1. The summed E-state index contributed by atoms with van der Waals surface area (Å²) in [5.41, 5.74) is 4.72. The lowest BCUT2D eigenvalue weighted by molar-refractivity contribution is -0.136. The number of carbonyl (C=O) groups excluding carboxylic acids is 4. The second-order valence-electron chi connectivity index (χ2n) is 4.22. The molecule has 0 aromatic heterocycles. The lowest BCUT2D eigenvalue weighted by Crippen LogP contribution is -2.43. The van der Waals surface area contributed by atoms with Crippen LogP contribution < -0.4 is 21.7 Å². The second-order valence-corrected chi connectivity index (χ2v) is 4.22. The van der Waals surface area contributed by atoms with E-state index < -0.39 is 24.1 Å². The number of amides is 3. The largest absolute Gasteiger partial charge is 0.363 e. The Morgan fingerprint density at radius 3 is 2.10 bits per heavy atom. The summed E-state index contributed by atoms with van der Waals surface area (Å²) < 4.78 is 0. The van der Waals surface area contributed by atoms with Crippen molar-refractivity contribution in [3.8, 4) is 0 Å². The fourth-order valence-corrected chi connectivity index (χ4v) is 1.27. The number of nitrogens with one attached hydrogen (secondary N) is 3. The molecule has 20 heavy (non-hydrogen) atoms. The summed E-state index contributed by atoms with van der Waals surface area (Å²) in [6, 6.07) is 0. The minimum Gasteiger partial charge on any atom is -0.363 e. The maximum Gasteiger partial charge on any atom is 0.286 e. The molecule has 5 N–H and O–H groups in total. The van der Waals surface area contributed by atoms with Gasteiger partial charge in [-0.25, -0.2) is 0 Å². The molecule has 0 saturated heterocycles. The number of unbranched alkanes of at least 4 members (excludes halogenated alkanes) is 2. The van der Waals surface area contributed by atoms with Crippen LogP contribution in [0.4, 0.5) is 0 Å². The molecule has 0 aromatic rings. The molecule has 0 aromatic carbocycles. The van der Waals surface area contributed by atoms with Crippen LogP contribution in [-0.4, -0.2) is 49.7 Å². The van der Waals surface area contributed by atoms with Crippen molar-refractivity contribution >= 4 is 23.5 Å². The molecule has 114 valence electrons. The average Bonchev–Trinajstić information content (AvgIpc) is 2.42. The van der Waals surface area contributed by atoms with Gasteiger partial charge in [0.1, 0.15) is 0 Å². The van der Waals surface area contributed by atoms with Gasteiger partial charge in [0.15, 0.2) is 0 Å². The lowest BCUT2D eigenvalue weighted by atomic mass is 10.2. The normalized spacial score (nSPS) is 9.85. The van der Waals surface area contributed by atoms with E-state index in [1.54, 1.807) is 0 Å². The molecule has 0 rings (SSSR count). The van der Waals surface area contributed by atoms with Gasteiger partial charge in [-0.1, -0.05) is 19.8 Å². The minimum absolute atomic E-state index is 0.136. The fourth-order valence-electron chi connectivity index (χ4n) is 1.27. The molecule has 8 heteroatoms. The molecule has 0 atom stereocenters. The number of primary amides is 1. The molecule has 0 radical (unpaired) electrons. The van der Waals surface area contributed by atoms with E-state index in [4.69, 9.17) is 5.73 Å². The third-order valence-electron chi connectivity index (χ3n) is 2.41. The van der Waals surface area contributed by atoms with Gasteiger partial charge < -0.3 is 21.7 Å². The maximum atomic E-state index is 11.3. The van der Waals surface area contributed by atoms with Gasteiger partial charge in [0.2, 0.25) is 17.6 Å². The van der Waals surface area contributed by atoms with Crippen molar-refractivity contribution in [2.75, 3.05) is 26.2 Å². The van der Waals surface area contributed by atoms with Gasteiger partial charge in [-0.15, -0.1) is 0 Å². The van der Waals surface area contributed by atoms with E-state index in [0.717, 1.165) is 25.8 Å².